The van der Waals surface area contributed by atoms with Gasteiger partial charge in [0.05, 0.1) is 0 Å². The van der Waals surface area contributed by atoms with Gasteiger partial charge in [-0.05, 0) is 49.2 Å². The summed E-state index contributed by atoms with van der Waals surface area (Å²) in [5, 5.41) is 3.95. The van der Waals surface area contributed by atoms with Crippen LogP contribution in [-0.2, 0) is 0 Å². The minimum Gasteiger partial charge on any atom is -0.385 e. The van der Waals surface area contributed by atoms with Crippen molar-refractivity contribution in [1.82, 2.24) is 5.32 Å². The average Bonchev–Trinajstić information content (AvgIpc) is 2.80. The molecule has 0 amide bonds. The monoisotopic (exact) mass is 284 g/mol. The first-order chi connectivity index (χ1) is 10.2. The van der Waals surface area contributed by atoms with Gasteiger partial charge in [0.2, 0.25) is 0 Å². The Balaban J connectivity index is 1.91. The predicted molar refractivity (Wildman–Crippen MR) is 88.4 cm³/mol. The normalized spacial score (nSPS) is 44.0. The third kappa shape index (κ3) is 1.80. The number of hydrogen-bond acceptors (Lipinski definition) is 2. The van der Waals surface area contributed by atoms with Crippen LogP contribution >= 0.6 is 0 Å². The lowest BCUT2D eigenvalue weighted by atomic mass is 9.60. The molecule has 2 nitrogen and oxygen atoms in total. The highest BCUT2D eigenvalue weighted by atomic mass is 15.0. The molecule has 5 atom stereocenters. The van der Waals surface area contributed by atoms with Gasteiger partial charge in [-0.25, -0.2) is 0 Å². The van der Waals surface area contributed by atoms with Gasteiger partial charge in [-0.1, -0.05) is 32.8 Å². The summed E-state index contributed by atoms with van der Waals surface area (Å²) >= 11 is 0. The predicted octanol–water partition coefficient (Wildman–Crippen LogP) is 4.10. The van der Waals surface area contributed by atoms with Crippen LogP contribution in [0.25, 0.3) is 0 Å². The summed E-state index contributed by atoms with van der Waals surface area (Å²) in [5.74, 6) is 2.23. The highest BCUT2D eigenvalue weighted by Gasteiger charge is 2.51. The number of nitrogens with zero attached hydrogens (tertiary/aromatic N) is 1. The molecular formula is C19H28N2. The second-order valence-electron chi connectivity index (χ2n) is 7.63. The lowest BCUT2D eigenvalue weighted by molar-refractivity contribution is 0.148. The molecular weight excluding hydrogens is 256 g/mol. The molecule has 0 radical (unpaired) electrons. The van der Waals surface area contributed by atoms with Gasteiger partial charge < -0.3 is 5.32 Å². The van der Waals surface area contributed by atoms with Crippen LogP contribution in [0.5, 0.6) is 0 Å². The molecule has 2 heteroatoms. The summed E-state index contributed by atoms with van der Waals surface area (Å²) in [4.78, 5) is 4.84. The molecule has 0 aromatic heterocycles. The van der Waals surface area contributed by atoms with Crippen LogP contribution in [0.1, 0.15) is 52.9 Å². The van der Waals surface area contributed by atoms with Crippen LogP contribution in [-0.4, -0.2) is 18.8 Å². The van der Waals surface area contributed by atoms with Gasteiger partial charge in [0, 0.05) is 35.8 Å². The van der Waals surface area contributed by atoms with Gasteiger partial charge in [0.1, 0.15) is 0 Å². The van der Waals surface area contributed by atoms with Gasteiger partial charge in [-0.2, -0.15) is 0 Å². The highest BCUT2D eigenvalue weighted by molar-refractivity contribution is 5.68. The topological polar surface area (TPSA) is 24.4 Å². The summed E-state index contributed by atoms with van der Waals surface area (Å²) in [6, 6.07) is 0.636. The van der Waals surface area contributed by atoms with Gasteiger partial charge in [-0.3, -0.25) is 4.99 Å². The lowest BCUT2D eigenvalue weighted by Crippen LogP contribution is -2.46. The molecule has 2 aliphatic carbocycles. The molecule has 4 aliphatic rings. The number of nitrogens with one attached hydrogen (secondary N) is 1. The molecule has 2 heterocycles. The van der Waals surface area contributed by atoms with Crippen molar-refractivity contribution in [3.8, 4) is 0 Å². The van der Waals surface area contributed by atoms with Crippen molar-refractivity contribution in [2.24, 2.45) is 28.2 Å². The van der Waals surface area contributed by atoms with Gasteiger partial charge in [-0.15, -0.1) is 0 Å². The Morgan fingerprint density at radius 1 is 1.38 bits per heavy atom. The van der Waals surface area contributed by atoms with E-state index in [2.05, 4.69) is 38.4 Å². The third-order valence-corrected chi connectivity index (χ3v) is 6.86. The van der Waals surface area contributed by atoms with Crippen LogP contribution in [0.3, 0.4) is 0 Å². The smallest absolute Gasteiger partial charge is 0.0426 e. The van der Waals surface area contributed by atoms with Crippen molar-refractivity contribution < 1.29 is 0 Å². The summed E-state index contributed by atoms with van der Waals surface area (Å²) in [5.41, 5.74) is 5.18. The molecule has 2 aliphatic heterocycles. The van der Waals surface area contributed by atoms with Crippen LogP contribution in [0.15, 0.2) is 27.9 Å². The van der Waals surface area contributed by atoms with Crippen LogP contribution < -0.4 is 5.32 Å². The van der Waals surface area contributed by atoms with Crippen molar-refractivity contribution in [3.05, 3.63) is 22.9 Å². The first kappa shape index (κ1) is 13.6. The van der Waals surface area contributed by atoms with Crippen molar-refractivity contribution in [2.45, 2.75) is 58.9 Å². The fourth-order valence-electron chi connectivity index (χ4n) is 5.59. The molecule has 4 rings (SSSR count). The van der Waals surface area contributed by atoms with E-state index >= 15 is 0 Å². The Kier molecular flexibility index (Phi) is 3.06. The fraction of sp³-hybridized carbons (Fsp3) is 0.737. The average molecular weight is 284 g/mol. The molecule has 0 aromatic carbocycles. The van der Waals surface area contributed by atoms with E-state index < -0.39 is 0 Å². The summed E-state index contributed by atoms with van der Waals surface area (Å²) in [6.45, 7) is 8.21. The molecule has 0 aromatic rings. The van der Waals surface area contributed by atoms with Crippen molar-refractivity contribution >= 4 is 6.21 Å². The highest BCUT2D eigenvalue weighted by Crippen LogP contribution is 2.54. The minimum absolute atomic E-state index is 0.278. The molecule has 5 unspecified atom stereocenters. The fourth-order valence-corrected chi connectivity index (χ4v) is 5.59. The number of rotatable bonds is 2. The van der Waals surface area contributed by atoms with Gasteiger partial charge in [0.25, 0.3) is 0 Å². The third-order valence-electron chi connectivity index (χ3n) is 6.86. The zero-order chi connectivity index (χ0) is 14.6. The number of hydrogen-bond donors (Lipinski definition) is 1. The summed E-state index contributed by atoms with van der Waals surface area (Å²) in [6.07, 6.45) is 11.0. The van der Waals surface area contributed by atoms with Crippen LogP contribution in [0.4, 0.5) is 0 Å². The van der Waals surface area contributed by atoms with E-state index in [4.69, 9.17) is 4.99 Å². The quantitative estimate of drug-likeness (QED) is 0.811. The van der Waals surface area contributed by atoms with E-state index in [1.54, 1.807) is 16.8 Å². The van der Waals surface area contributed by atoms with Gasteiger partial charge >= 0.3 is 0 Å². The van der Waals surface area contributed by atoms with Crippen molar-refractivity contribution in [2.75, 3.05) is 6.54 Å². The van der Waals surface area contributed by atoms with Crippen molar-refractivity contribution in [1.29, 1.82) is 0 Å². The second-order valence-corrected chi connectivity index (χ2v) is 7.63. The van der Waals surface area contributed by atoms with Crippen molar-refractivity contribution in [3.63, 3.8) is 0 Å². The number of aliphatic imine (C=N–C) groups is 1. The largest absolute Gasteiger partial charge is 0.385 e. The maximum absolute atomic E-state index is 4.84. The Morgan fingerprint density at radius 3 is 3.00 bits per heavy atom. The number of fused-ring (bicyclic) bond motifs is 2. The van der Waals surface area contributed by atoms with Gasteiger partial charge in [0.15, 0.2) is 0 Å². The summed E-state index contributed by atoms with van der Waals surface area (Å²) < 4.78 is 0. The zero-order valence-electron chi connectivity index (χ0n) is 13.7. The van der Waals surface area contributed by atoms with E-state index in [1.807, 2.05) is 0 Å². The molecule has 114 valence electrons. The Morgan fingerprint density at radius 2 is 2.24 bits per heavy atom. The SMILES string of the molecule is CCC1C2NC3=CC4=C(CC3C2C)CC1(CC)C=NCC4. The maximum atomic E-state index is 4.84. The Labute approximate surface area is 128 Å². The lowest BCUT2D eigenvalue weighted by Gasteiger charge is -2.45. The van der Waals surface area contributed by atoms with E-state index in [0.717, 1.165) is 24.8 Å². The maximum Gasteiger partial charge on any atom is 0.0426 e. The molecule has 1 saturated heterocycles. The Hall–Kier alpha value is -1.05. The first-order valence-corrected chi connectivity index (χ1v) is 8.88. The van der Waals surface area contributed by atoms with Crippen LogP contribution in [0.2, 0.25) is 0 Å². The standard InChI is InChI=1S/C19H28N2/c1-4-16-18-12(3)15-8-14-10-19(16,5-2)11-20-7-6-13(14)9-17(15)21-18/h9,11-12,15-16,18,21H,4-8,10H2,1-3H3. The Bertz CT molecular complexity index is 542. The first-order valence-electron chi connectivity index (χ1n) is 8.88. The second kappa shape index (κ2) is 4.72. The summed E-state index contributed by atoms with van der Waals surface area (Å²) in [7, 11) is 0. The van der Waals surface area contributed by atoms with E-state index in [9.17, 15) is 0 Å². The molecule has 2 fully saturated rings. The molecule has 4 bridgehead atoms. The van der Waals surface area contributed by atoms with Crippen LogP contribution in [0, 0.1) is 23.2 Å². The molecule has 21 heavy (non-hydrogen) atoms. The minimum atomic E-state index is 0.278. The molecule has 1 N–H and O–H groups in total. The van der Waals surface area contributed by atoms with E-state index in [-0.39, 0.29) is 5.41 Å². The molecule has 1 saturated carbocycles. The molecule has 0 spiro atoms. The zero-order valence-corrected chi connectivity index (χ0v) is 13.7. The number of allylic oxidation sites excluding steroid dienone is 3. The van der Waals surface area contributed by atoms with E-state index in [0.29, 0.717) is 12.0 Å². The van der Waals surface area contributed by atoms with E-state index in [1.165, 1.54) is 25.7 Å².